The summed E-state index contributed by atoms with van der Waals surface area (Å²) in [5, 5.41) is 19.0. The van der Waals surface area contributed by atoms with E-state index in [1.807, 2.05) is 0 Å². The van der Waals surface area contributed by atoms with Crippen LogP contribution < -0.4 is 0 Å². The van der Waals surface area contributed by atoms with Crippen LogP contribution >= 0.6 is 0 Å². The minimum absolute atomic E-state index is 0.148. The Bertz CT molecular complexity index is 554. The van der Waals surface area contributed by atoms with Gasteiger partial charge in [0.25, 0.3) is 0 Å². The molecule has 5 nitrogen and oxygen atoms in total. The first-order chi connectivity index (χ1) is 9.96. The first kappa shape index (κ1) is 16.4. The van der Waals surface area contributed by atoms with Gasteiger partial charge in [-0.3, -0.25) is 0 Å². The van der Waals surface area contributed by atoms with E-state index in [-0.39, 0.29) is 17.5 Å². The van der Waals surface area contributed by atoms with Gasteiger partial charge in [-0.15, -0.1) is 0 Å². The van der Waals surface area contributed by atoms with E-state index in [0.29, 0.717) is 18.5 Å². The second-order valence-corrected chi connectivity index (χ2v) is 7.44. The highest BCUT2D eigenvalue weighted by Crippen LogP contribution is 2.25. The molecule has 0 spiro atoms. The molecule has 6 heteroatoms. The minimum Gasteiger partial charge on any atom is -0.395 e. The van der Waals surface area contributed by atoms with Crippen molar-refractivity contribution in [1.29, 1.82) is 0 Å². The van der Waals surface area contributed by atoms with E-state index < -0.39 is 16.1 Å². The van der Waals surface area contributed by atoms with Crippen molar-refractivity contribution in [1.82, 2.24) is 4.31 Å². The first-order valence-corrected chi connectivity index (χ1v) is 8.81. The largest absolute Gasteiger partial charge is 0.395 e. The van der Waals surface area contributed by atoms with Crippen LogP contribution in [0, 0.1) is 0 Å². The molecule has 0 amide bonds. The molecular formula is C15H23NO4S. The van der Waals surface area contributed by atoms with Crippen LogP contribution in [0.5, 0.6) is 0 Å². The zero-order chi connectivity index (χ0) is 15.5. The number of hydrogen-bond donors (Lipinski definition) is 2. The van der Waals surface area contributed by atoms with Gasteiger partial charge in [0.15, 0.2) is 0 Å². The van der Waals surface area contributed by atoms with E-state index in [2.05, 4.69) is 0 Å². The maximum atomic E-state index is 12.7. The smallest absolute Gasteiger partial charge is 0.243 e. The normalized spacial score (nSPS) is 22.7. The predicted molar refractivity (Wildman–Crippen MR) is 80.3 cm³/mol. The molecule has 0 saturated carbocycles. The van der Waals surface area contributed by atoms with Crippen LogP contribution in [0.25, 0.3) is 0 Å². The predicted octanol–water partition coefficient (Wildman–Crippen LogP) is 1.67. The molecule has 21 heavy (non-hydrogen) atoms. The number of aliphatic hydroxyl groups excluding tert-OH is 2. The average Bonchev–Trinajstić information content (AvgIpc) is 2.72. The summed E-state index contributed by atoms with van der Waals surface area (Å²) < 4.78 is 26.9. The van der Waals surface area contributed by atoms with Crippen molar-refractivity contribution in [3.63, 3.8) is 0 Å². The van der Waals surface area contributed by atoms with E-state index in [1.54, 1.807) is 19.1 Å². The van der Waals surface area contributed by atoms with E-state index >= 15 is 0 Å². The van der Waals surface area contributed by atoms with Crippen molar-refractivity contribution in [3.8, 4) is 0 Å². The van der Waals surface area contributed by atoms with Gasteiger partial charge in [-0.2, -0.15) is 4.31 Å². The molecule has 1 aliphatic heterocycles. The lowest BCUT2D eigenvalue weighted by Crippen LogP contribution is -2.42. The highest BCUT2D eigenvalue weighted by molar-refractivity contribution is 7.89. The number of benzene rings is 1. The number of aliphatic hydroxyl groups is 2. The van der Waals surface area contributed by atoms with Gasteiger partial charge in [0.1, 0.15) is 0 Å². The number of sulfonamides is 1. The molecule has 1 aliphatic rings. The molecule has 0 radical (unpaired) electrons. The van der Waals surface area contributed by atoms with Gasteiger partial charge in [0.05, 0.1) is 17.6 Å². The fourth-order valence-electron chi connectivity index (χ4n) is 2.70. The maximum Gasteiger partial charge on any atom is 0.243 e. The first-order valence-electron chi connectivity index (χ1n) is 7.37. The molecule has 0 aliphatic carbocycles. The Hall–Kier alpha value is -0.950. The van der Waals surface area contributed by atoms with Crippen molar-refractivity contribution in [2.75, 3.05) is 13.2 Å². The molecule has 2 unspecified atom stereocenters. The molecule has 1 fully saturated rings. The summed E-state index contributed by atoms with van der Waals surface area (Å²) in [5.41, 5.74) is 0.684. The minimum atomic E-state index is -3.60. The van der Waals surface area contributed by atoms with Gasteiger partial charge >= 0.3 is 0 Å². The zero-order valence-corrected chi connectivity index (χ0v) is 13.1. The van der Waals surface area contributed by atoms with Crippen LogP contribution in [0.15, 0.2) is 29.2 Å². The van der Waals surface area contributed by atoms with Crippen molar-refractivity contribution < 1.29 is 18.6 Å². The van der Waals surface area contributed by atoms with Crippen LogP contribution in [-0.2, 0) is 10.0 Å². The standard InChI is InChI=1S/C15H23NO4S/c1-12(18)13-6-8-15(9-7-13)21(19,20)16-10-4-2-3-5-14(16)11-17/h6-9,12,14,17-18H,2-5,10-11H2,1H3. The van der Waals surface area contributed by atoms with Crippen molar-refractivity contribution >= 4 is 10.0 Å². The Morgan fingerprint density at radius 1 is 1.24 bits per heavy atom. The van der Waals surface area contributed by atoms with Gasteiger partial charge < -0.3 is 10.2 Å². The highest BCUT2D eigenvalue weighted by atomic mass is 32.2. The Morgan fingerprint density at radius 2 is 1.90 bits per heavy atom. The van der Waals surface area contributed by atoms with Crippen LogP contribution in [-0.4, -0.2) is 42.1 Å². The molecular weight excluding hydrogens is 290 g/mol. The Morgan fingerprint density at radius 3 is 2.48 bits per heavy atom. The molecule has 2 atom stereocenters. The van der Waals surface area contributed by atoms with E-state index in [1.165, 1.54) is 16.4 Å². The fraction of sp³-hybridized carbons (Fsp3) is 0.600. The van der Waals surface area contributed by atoms with Gasteiger partial charge in [-0.1, -0.05) is 25.0 Å². The van der Waals surface area contributed by atoms with Crippen LogP contribution in [0.3, 0.4) is 0 Å². The van der Waals surface area contributed by atoms with Crippen LogP contribution in [0.4, 0.5) is 0 Å². The Kier molecular flexibility index (Phi) is 5.37. The second kappa shape index (κ2) is 6.87. The van der Waals surface area contributed by atoms with Crippen LogP contribution in [0.1, 0.15) is 44.3 Å². The Balaban J connectivity index is 2.30. The number of hydrogen-bond acceptors (Lipinski definition) is 4. The van der Waals surface area contributed by atoms with Crippen LogP contribution in [0.2, 0.25) is 0 Å². The molecule has 2 N–H and O–H groups in total. The summed E-state index contributed by atoms with van der Waals surface area (Å²) in [5.74, 6) is 0. The fourth-order valence-corrected chi connectivity index (χ4v) is 4.39. The highest BCUT2D eigenvalue weighted by Gasteiger charge is 2.31. The summed E-state index contributed by atoms with van der Waals surface area (Å²) in [6.45, 7) is 1.94. The second-order valence-electron chi connectivity index (χ2n) is 5.55. The van der Waals surface area contributed by atoms with E-state index in [0.717, 1.165) is 19.3 Å². The van der Waals surface area contributed by atoms with Gasteiger partial charge in [-0.25, -0.2) is 8.42 Å². The third-order valence-electron chi connectivity index (χ3n) is 4.00. The van der Waals surface area contributed by atoms with E-state index in [4.69, 9.17) is 0 Å². The third kappa shape index (κ3) is 3.63. The molecule has 1 saturated heterocycles. The number of nitrogens with zero attached hydrogens (tertiary/aromatic N) is 1. The third-order valence-corrected chi connectivity index (χ3v) is 5.97. The molecule has 0 bridgehead atoms. The molecule has 1 aromatic carbocycles. The topological polar surface area (TPSA) is 77.8 Å². The molecule has 0 aromatic heterocycles. The summed E-state index contributed by atoms with van der Waals surface area (Å²) in [6, 6.07) is 5.97. The lowest BCUT2D eigenvalue weighted by atomic mass is 10.1. The van der Waals surface area contributed by atoms with Crippen molar-refractivity contribution in [2.24, 2.45) is 0 Å². The van der Waals surface area contributed by atoms with Gasteiger partial charge in [-0.05, 0) is 37.5 Å². The molecule has 1 aromatic rings. The maximum absolute atomic E-state index is 12.7. The molecule has 1 heterocycles. The lowest BCUT2D eigenvalue weighted by Gasteiger charge is -2.27. The Labute approximate surface area is 126 Å². The quantitative estimate of drug-likeness (QED) is 0.886. The summed E-state index contributed by atoms with van der Waals surface area (Å²) in [7, 11) is -3.60. The summed E-state index contributed by atoms with van der Waals surface area (Å²) >= 11 is 0. The zero-order valence-electron chi connectivity index (χ0n) is 12.3. The van der Waals surface area contributed by atoms with Gasteiger partial charge in [0.2, 0.25) is 10.0 Å². The molecule has 118 valence electrons. The summed E-state index contributed by atoms with van der Waals surface area (Å²) in [4.78, 5) is 0.215. The SMILES string of the molecule is CC(O)c1ccc(S(=O)(=O)N2CCCCCC2CO)cc1. The van der Waals surface area contributed by atoms with Crippen molar-refractivity contribution in [3.05, 3.63) is 29.8 Å². The average molecular weight is 313 g/mol. The summed E-state index contributed by atoms with van der Waals surface area (Å²) in [6.07, 6.45) is 2.83. The van der Waals surface area contributed by atoms with Crippen molar-refractivity contribution in [2.45, 2.75) is 49.6 Å². The number of rotatable bonds is 4. The van der Waals surface area contributed by atoms with Gasteiger partial charge in [0, 0.05) is 12.6 Å². The lowest BCUT2D eigenvalue weighted by molar-refractivity contribution is 0.186. The van der Waals surface area contributed by atoms with E-state index in [9.17, 15) is 18.6 Å². The monoisotopic (exact) mass is 313 g/mol. The molecule has 2 rings (SSSR count).